The summed E-state index contributed by atoms with van der Waals surface area (Å²) in [6.07, 6.45) is 1.80. The van der Waals surface area contributed by atoms with Gasteiger partial charge in [0, 0.05) is 27.6 Å². The van der Waals surface area contributed by atoms with Crippen LogP contribution in [0, 0.1) is 0 Å². The summed E-state index contributed by atoms with van der Waals surface area (Å²) < 4.78 is 0. The Hall–Kier alpha value is -2.00. The van der Waals surface area contributed by atoms with E-state index in [1.807, 2.05) is 54.6 Å². The fourth-order valence-corrected chi connectivity index (χ4v) is 2.85. The Morgan fingerprint density at radius 2 is 1.74 bits per heavy atom. The molecule has 0 spiro atoms. The average Bonchev–Trinajstić information content (AvgIpc) is 2.90. The van der Waals surface area contributed by atoms with Crippen molar-refractivity contribution < 1.29 is 4.79 Å². The summed E-state index contributed by atoms with van der Waals surface area (Å²) in [6.45, 7) is 0. The summed E-state index contributed by atoms with van der Waals surface area (Å²) in [5.41, 5.74) is 1.79. The Balaban J connectivity index is 1.77. The number of Topliss-reactive ketones (excluding diaryl/α,β-unsaturated/α-hetero) is 1. The zero-order chi connectivity index (χ0) is 13.1. The van der Waals surface area contributed by atoms with Gasteiger partial charge in [0.1, 0.15) is 0 Å². The number of para-hydroxylation sites is 1. The van der Waals surface area contributed by atoms with Crippen molar-refractivity contribution in [1.82, 2.24) is 4.98 Å². The van der Waals surface area contributed by atoms with Crippen LogP contribution in [-0.2, 0) is 0 Å². The highest BCUT2D eigenvalue weighted by Gasteiger charge is 2.11. The molecule has 0 aliphatic heterocycles. The van der Waals surface area contributed by atoms with Crippen molar-refractivity contribution in [2.75, 3.05) is 5.75 Å². The van der Waals surface area contributed by atoms with Crippen LogP contribution < -0.4 is 0 Å². The Bertz CT molecular complexity index is 703. The van der Waals surface area contributed by atoms with Gasteiger partial charge in [0.15, 0.2) is 5.78 Å². The minimum absolute atomic E-state index is 0.159. The number of carbonyl (C=O) groups is 1. The van der Waals surface area contributed by atoms with Crippen LogP contribution in [0.15, 0.2) is 65.7 Å². The molecule has 0 saturated heterocycles. The van der Waals surface area contributed by atoms with Crippen LogP contribution in [0.1, 0.15) is 10.4 Å². The number of aromatic amines is 1. The highest BCUT2D eigenvalue weighted by Crippen LogP contribution is 2.22. The first-order valence-electron chi connectivity index (χ1n) is 6.12. The van der Waals surface area contributed by atoms with Gasteiger partial charge in [0.2, 0.25) is 0 Å². The van der Waals surface area contributed by atoms with E-state index in [0.717, 1.165) is 21.4 Å². The van der Waals surface area contributed by atoms with Crippen molar-refractivity contribution in [3.8, 4) is 0 Å². The van der Waals surface area contributed by atoms with Gasteiger partial charge in [0.05, 0.1) is 5.75 Å². The third-order valence-electron chi connectivity index (χ3n) is 3.00. The molecule has 1 N–H and O–H groups in total. The van der Waals surface area contributed by atoms with Gasteiger partial charge >= 0.3 is 0 Å². The van der Waals surface area contributed by atoms with Crippen LogP contribution in [0.4, 0.5) is 0 Å². The summed E-state index contributed by atoms with van der Waals surface area (Å²) >= 11 is 1.57. The average molecular weight is 267 g/mol. The summed E-state index contributed by atoms with van der Waals surface area (Å²) in [7, 11) is 0. The predicted molar refractivity (Wildman–Crippen MR) is 79.8 cm³/mol. The minimum Gasteiger partial charge on any atom is -0.360 e. The fourth-order valence-electron chi connectivity index (χ4n) is 2.05. The molecule has 2 aromatic carbocycles. The van der Waals surface area contributed by atoms with E-state index >= 15 is 0 Å². The molecule has 19 heavy (non-hydrogen) atoms. The molecular weight excluding hydrogens is 254 g/mol. The van der Waals surface area contributed by atoms with E-state index in [9.17, 15) is 4.79 Å². The van der Waals surface area contributed by atoms with Gasteiger partial charge in [0.25, 0.3) is 0 Å². The van der Waals surface area contributed by atoms with Crippen molar-refractivity contribution in [2.24, 2.45) is 0 Å². The van der Waals surface area contributed by atoms with E-state index in [1.165, 1.54) is 0 Å². The number of hydrogen-bond donors (Lipinski definition) is 1. The van der Waals surface area contributed by atoms with Gasteiger partial charge in [-0.15, -0.1) is 11.8 Å². The third kappa shape index (κ3) is 2.56. The summed E-state index contributed by atoms with van der Waals surface area (Å²) in [4.78, 5) is 16.5. The second kappa shape index (κ2) is 5.33. The Labute approximate surface area is 115 Å². The zero-order valence-electron chi connectivity index (χ0n) is 10.3. The molecular formula is C16H13NOS. The molecule has 94 valence electrons. The molecule has 0 radical (unpaired) electrons. The van der Waals surface area contributed by atoms with Crippen LogP contribution in [0.5, 0.6) is 0 Å². The van der Waals surface area contributed by atoms with E-state index < -0.39 is 0 Å². The molecule has 0 bridgehead atoms. The van der Waals surface area contributed by atoms with Crippen LogP contribution >= 0.6 is 11.8 Å². The first-order chi connectivity index (χ1) is 9.34. The smallest absolute Gasteiger partial charge is 0.175 e. The van der Waals surface area contributed by atoms with Gasteiger partial charge in [-0.3, -0.25) is 4.79 Å². The third-order valence-corrected chi connectivity index (χ3v) is 4.01. The number of fused-ring (bicyclic) bond motifs is 1. The lowest BCUT2D eigenvalue weighted by atomic mass is 10.1. The van der Waals surface area contributed by atoms with Crippen molar-refractivity contribution in [2.45, 2.75) is 4.90 Å². The molecule has 3 rings (SSSR count). The van der Waals surface area contributed by atoms with Crippen LogP contribution in [0.25, 0.3) is 10.9 Å². The maximum atomic E-state index is 12.3. The van der Waals surface area contributed by atoms with Crippen LogP contribution in [0.2, 0.25) is 0 Å². The first kappa shape index (κ1) is 12.1. The maximum Gasteiger partial charge on any atom is 0.175 e. The number of hydrogen-bond acceptors (Lipinski definition) is 2. The Kier molecular flexibility index (Phi) is 3.38. The molecule has 1 heterocycles. The lowest BCUT2D eigenvalue weighted by molar-refractivity contribution is 0.102. The summed E-state index contributed by atoms with van der Waals surface area (Å²) in [5, 5.41) is 1.00. The monoisotopic (exact) mass is 267 g/mol. The highest BCUT2D eigenvalue weighted by molar-refractivity contribution is 8.00. The molecule has 0 saturated carbocycles. The topological polar surface area (TPSA) is 32.9 Å². The van der Waals surface area contributed by atoms with Crippen molar-refractivity contribution >= 4 is 28.4 Å². The molecule has 0 unspecified atom stereocenters. The van der Waals surface area contributed by atoms with Gasteiger partial charge < -0.3 is 4.98 Å². The summed E-state index contributed by atoms with van der Waals surface area (Å²) in [5.74, 6) is 0.623. The number of rotatable bonds is 4. The highest BCUT2D eigenvalue weighted by atomic mass is 32.2. The predicted octanol–water partition coefficient (Wildman–Crippen LogP) is 4.14. The maximum absolute atomic E-state index is 12.3. The number of H-pyrrole nitrogens is 1. The van der Waals surface area contributed by atoms with Gasteiger partial charge in [-0.05, 0) is 18.2 Å². The first-order valence-corrected chi connectivity index (χ1v) is 7.10. The van der Waals surface area contributed by atoms with Crippen LogP contribution in [0.3, 0.4) is 0 Å². The zero-order valence-corrected chi connectivity index (χ0v) is 11.1. The Morgan fingerprint density at radius 3 is 2.58 bits per heavy atom. The van der Waals surface area contributed by atoms with Gasteiger partial charge in [-0.1, -0.05) is 36.4 Å². The van der Waals surface area contributed by atoms with Crippen molar-refractivity contribution in [3.63, 3.8) is 0 Å². The van der Waals surface area contributed by atoms with Gasteiger partial charge in [-0.25, -0.2) is 0 Å². The molecule has 3 aromatic rings. The van der Waals surface area contributed by atoms with E-state index in [1.54, 1.807) is 18.0 Å². The molecule has 0 aliphatic rings. The van der Waals surface area contributed by atoms with Crippen molar-refractivity contribution in [1.29, 1.82) is 0 Å². The second-order valence-electron chi connectivity index (χ2n) is 4.27. The fraction of sp³-hybridized carbons (Fsp3) is 0.0625. The van der Waals surface area contributed by atoms with E-state index in [2.05, 4.69) is 4.98 Å². The number of ketones is 1. The van der Waals surface area contributed by atoms with Crippen molar-refractivity contribution in [3.05, 3.63) is 66.4 Å². The molecule has 0 amide bonds. The number of benzene rings is 2. The standard InChI is InChI=1S/C16H13NOS/c18-16(11-19-12-6-2-1-3-7-12)14-10-17-15-9-5-4-8-13(14)15/h1-10,17H,11H2. The lowest BCUT2D eigenvalue weighted by Gasteiger charge is -2.00. The SMILES string of the molecule is O=C(CSc1ccccc1)c1c[nH]c2ccccc12. The number of carbonyl (C=O) groups excluding carboxylic acids is 1. The lowest BCUT2D eigenvalue weighted by Crippen LogP contribution is -2.01. The van der Waals surface area contributed by atoms with Gasteiger partial charge in [-0.2, -0.15) is 0 Å². The molecule has 3 heteroatoms. The van der Waals surface area contributed by atoms with E-state index in [-0.39, 0.29) is 5.78 Å². The number of aromatic nitrogens is 1. The van der Waals surface area contributed by atoms with Crippen LogP contribution in [-0.4, -0.2) is 16.5 Å². The van der Waals surface area contributed by atoms with E-state index in [4.69, 9.17) is 0 Å². The quantitative estimate of drug-likeness (QED) is 0.569. The molecule has 0 atom stereocenters. The number of nitrogens with one attached hydrogen (secondary N) is 1. The minimum atomic E-state index is 0.159. The number of thioether (sulfide) groups is 1. The van der Waals surface area contributed by atoms with E-state index in [0.29, 0.717) is 5.75 Å². The Morgan fingerprint density at radius 1 is 1.00 bits per heavy atom. The normalized spacial score (nSPS) is 10.7. The molecule has 0 aliphatic carbocycles. The molecule has 2 nitrogen and oxygen atoms in total. The second-order valence-corrected chi connectivity index (χ2v) is 5.32. The molecule has 1 aromatic heterocycles. The largest absolute Gasteiger partial charge is 0.360 e. The summed E-state index contributed by atoms with van der Waals surface area (Å²) in [6, 6.07) is 17.9. The molecule has 0 fully saturated rings.